The molecule has 3 aromatic rings. The normalized spacial score (nSPS) is 10.5. The molecule has 0 atom stereocenters. The van der Waals surface area contributed by atoms with Gasteiger partial charge in [-0.1, -0.05) is 41.4 Å². The first-order valence-electron chi connectivity index (χ1n) is 7.89. The highest BCUT2D eigenvalue weighted by atomic mass is 35.5. The Morgan fingerprint density at radius 2 is 1.89 bits per heavy atom. The smallest absolute Gasteiger partial charge is 0.294 e. The number of hydrogen-bond donors (Lipinski definition) is 1. The number of nitro benzene ring substituents is 1. The molecule has 0 saturated heterocycles. The van der Waals surface area contributed by atoms with E-state index in [1.54, 1.807) is 25.1 Å². The maximum Gasteiger partial charge on any atom is 0.294 e. The second-order valence-electron chi connectivity index (χ2n) is 5.71. The molecular weight excluding hydrogens is 407 g/mol. The van der Waals surface area contributed by atoms with Crippen LogP contribution < -0.4 is 10.7 Å². The van der Waals surface area contributed by atoms with Gasteiger partial charge in [0.25, 0.3) is 11.6 Å². The fourth-order valence-electron chi connectivity index (χ4n) is 2.53. The fourth-order valence-corrected chi connectivity index (χ4v) is 2.88. The standard InChI is InChI=1S/C18H12Cl2N4O4/c1-10-9-15(25)17(18(26)21-12-6-4-5-11(19)16(12)20)22-23(10)13-7-2-3-8-14(13)24(27)28/h2-9H,1H3,(H,21,26). The molecule has 3 rings (SSSR count). The van der Waals surface area contributed by atoms with Crippen LogP contribution in [0.15, 0.2) is 53.3 Å². The Hall–Kier alpha value is -3.23. The fraction of sp³-hybridized carbons (Fsp3) is 0.0556. The molecule has 2 aromatic carbocycles. The van der Waals surface area contributed by atoms with Gasteiger partial charge in [0.15, 0.2) is 5.69 Å². The maximum absolute atomic E-state index is 12.6. The van der Waals surface area contributed by atoms with Crippen LogP contribution in [0.4, 0.5) is 11.4 Å². The van der Waals surface area contributed by atoms with E-state index in [9.17, 15) is 19.7 Å². The van der Waals surface area contributed by atoms with Gasteiger partial charge in [-0.05, 0) is 25.1 Å². The van der Waals surface area contributed by atoms with Crippen LogP contribution in [-0.2, 0) is 0 Å². The number of aromatic nitrogens is 2. The van der Waals surface area contributed by atoms with Gasteiger partial charge in [-0.3, -0.25) is 19.7 Å². The number of aryl methyl sites for hydroxylation is 1. The molecule has 0 spiro atoms. The van der Waals surface area contributed by atoms with Crippen LogP contribution >= 0.6 is 23.2 Å². The highest BCUT2D eigenvalue weighted by Gasteiger charge is 2.20. The van der Waals surface area contributed by atoms with Crippen LogP contribution in [0.2, 0.25) is 10.0 Å². The zero-order valence-corrected chi connectivity index (χ0v) is 15.9. The number of hydrogen-bond acceptors (Lipinski definition) is 5. The predicted octanol–water partition coefficient (Wildman–Crippen LogP) is 4.01. The van der Waals surface area contributed by atoms with E-state index in [0.29, 0.717) is 5.69 Å². The Bertz CT molecular complexity index is 1160. The lowest BCUT2D eigenvalue weighted by atomic mass is 10.2. The molecule has 0 saturated carbocycles. The van der Waals surface area contributed by atoms with Gasteiger partial charge in [0.05, 0.1) is 20.7 Å². The molecule has 28 heavy (non-hydrogen) atoms. The lowest BCUT2D eigenvalue weighted by Crippen LogP contribution is -2.27. The van der Waals surface area contributed by atoms with Crippen molar-refractivity contribution < 1.29 is 9.72 Å². The second kappa shape index (κ2) is 7.79. The van der Waals surface area contributed by atoms with Gasteiger partial charge in [0.1, 0.15) is 5.69 Å². The number of carbonyl (C=O) groups excluding carboxylic acids is 1. The number of para-hydroxylation sites is 2. The Kier molecular flexibility index (Phi) is 5.43. The van der Waals surface area contributed by atoms with Crippen molar-refractivity contribution in [1.29, 1.82) is 0 Å². The lowest BCUT2D eigenvalue weighted by molar-refractivity contribution is -0.384. The number of nitro groups is 1. The van der Waals surface area contributed by atoms with Crippen molar-refractivity contribution in [3.8, 4) is 5.69 Å². The summed E-state index contributed by atoms with van der Waals surface area (Å²) >= 11 is 12.0. The molecule has 142 valence electrons. The average molecular weight is 419 g/mol. The zero-order chi connectivity index (χ0) is 20.4. The van der Waals surface area contributed by atoms with E-state index in [2.05, 4.69) is 10.4 Å². The van der Waals surface area contributed by atoms with E-state index in [-0.39, 0.29) is 27.1 Å². The van der Waals surface area contributed by atoms with Crippen molar-refractivity contribution in [2.45, 2.75) is 6.92 Å². The summed E-state index contributed by atoms with van der Waals surface area (Å²) < 4.78 is 1.17. The molecule has 8 nitrogen and oxygen atoms in total. The number of amides is 1. The number of carbonyl (C=O) groups is 1. The third-order valence-electron chi connectivity index (χ3n) is 3.83. The number of anilines is 1. The molecule has 0 aliphatic carbocycles. The number of benzene rings is 2. The Morgan fingerprint density at radius 3 is 2.61 bits per heavy atom. The molecule has 1 aromatic heterocycles. The molecule has 1 heterocycles. The summed E-state index contributed by atoms with van der Waals surface area (Å²) in [6, 6.07) is 11.7. The maximum atomic E-state index is 12.6. The van der Waals surface area contributed by atoms with Gasteiger partial charge < -0.3 is 5.32 Å². The summed E-state index contributed by atoms with van der Waals surface area (Å²) in [5, 5.41) is 18.2. The van der Waals surface area contributed by atoms with Crippen LogP contribution in [0, 0.1) is 17.0 Å². The summed E-state index contributed by atoms with van der Waals surface area (Å²) in [5.41, 5.74) is -0.636. The Balaban J connectivity index is 2.08. The lowest BCUT2D eigenvalue weighted by Gasteiger charge is -2.12. The van der Waals surface area contributed by atoms with E-state index in [1.807, 2.05) is 0 Å². The predicted molar refractivity (Wildman–Crippen MR) is 106 cm³/mol. The summed E-state index contributed by atoms with van der Waals surface area (Å²) in [7, 11) is 0. The molecule has 0 bridgehead atoms. The van der Waals surface area contributed by atoms with Crippen LogP contribution in [0.5, 0.6) is 0 Å². The van der Waals surface area contributed by atoms with Gasteiger partial charge in [-0.2, -0.15) is 5.10 Å². The van der Waals surface area contributed by atoms with E-state index < -0.39 is 22.0 Å². The number of nitrogens with one attached hydrogen (secondary N) is 1. The Labute approximate surface area is 168 Å². The Morgan fingerprint density at radius 1 is 1.18 bits per heavy atom. The van der Waals surface area contributed by atoms with Crippen LogP contribution in [0.3, 0.4) is 0 Å². The average Bonchev–Trinajstić information content (AvgIpc) is 2.65. The summed E-state index contributed by atoms with van der Waals surface area (Å²) in [4.78, 5) is 35.6. The van der Waals surface area contributed by atoms with Crippen molar-refractivity contribution in [2.75, 3.05) is 5.32 Å². The van der Waals surface area contributed by atoms with Crippen molar-refractivity contribution in [2.24, 2.45) is 0 Å². The number of nitrogens with zero attached hydrogens (tertiary/aromatic N) is 3. The highest BCUT2D eigenvalue weighted by Crippen LogP contribution is 2.29. The van der Waals surface area contributed by atoms with Crippen LogP contribution in [-0.4, -0.2) is 20.6 Å². The first-order valence-corrected chi connectivity index (χ1v) is 8.65. The molecule has 1 N–H and O–H groups in total. The third kappa shape index (κ3) is 3.73. The zero-order valence-electron chi connectivity index (χ0n) is 14.3. The van der Waals surface area contributed by atoms with Crippen molar-refractivity contribution >= 4 is 40.5 Å². The topological polar surface area (TPSA) is 107 Å². The quantitative estimate of drug-likeness (QED) is 0.508. The minimum absolute atomic E-state index is 0.114. The van der Waals surface area contributed by atoms with E-state index in [0.717, 1.165) is 0 Å². The van der Waals surface area contributed by atoms with Gasteiger partial charge in [-0.25, -0.2) is 4.68 Å². The van der Waals surface area contributed by atoms with E-state index >= 15 is 0 Å². The molecule has 1 amide bonds. The summed E-state index contributed by atoms with van der Waals surface area (Å²) in [6.07, 6.45) is 0. The van der Waals surface area contributed by atoms with Crippen molar-refractivity contribution in [1.82, 2.24) is 9.78 Å². The first-order chi connectivity index (χ1) is 13.3. The molecule has 10 heteroatoms. The molecule has 0 aliphatic rings. The minimum Gasteiger partial charge on any atom is -0.319 e. The molecule has 0 unspecified atom stereocenters. The monoisotopic (exact) mass is 418 g/mol. The first kappa shape index (κ1) is 19.5. The molecule has 0 aliphatic heterocycles. The minimum atomic E-state index is -0.818. The van der Waals surface area contributed by atoms with Gasteiger partial charge in [-0.15, -0.1) is 0 Å². The summed E-state index contributed by atoms with van der Waals surface area (Å²) in [6.45, 7) is 1.56. The van der Waals surface area contributed by atoms with E-state index in [1.165, 1.54) is 35.0 Å². The highest BCUT2D eigenvalue weighted by molar-refractivity contribution is 6.44. The van der Waals surface area contributed by atoms with Crippen LogP contribution in [0.25, 0.3) is 5.69 Å². The van der Waals surface area contributed by atoms with E-state index in [4.69, 9.17) is 23.2 Å². The summed E-state index contributed by atoms with van der Waals surface area (Å²) in [5.74, 6) is -0.818. The van der Waals surface area contributed by atoms with Gasteiger partial charge in [0, 0.05) is 17.8 Å². The van der Waals surface area contributed by atoms with Crippen molar-refractivity contribution in [3.05, 3.63) is 90.3 Å². The molecular formula is C18H12Cl2N4O4. The van der Waals surface area contributed by atoms with Crippen LogP contribution in [0.1, 0.15) is 16.2 Å². The molecule has 0 fully saturated rings. The SMILES string of the molecule is Cc1cc(=O)c(C(=O)Nc2cccc(Cl)c2Cl)nn1-c1ccccc1[N+](=O)[O-]. The van der Waals surface area contributed by atoms with Gasteiger partial charge >= 0.3 is 0 Å². The van der Waals surface area contributed by atoms with Crippen molar-refractivity contribution in [3.63, 3.8) is 0 Å². The second-order valence-corrected chi connectivity index (χ2v) is 6.50. The largest absolute Gasteiger partial charge is 0.319 e. The number of halogens is 2. The van der Waals surface area contributed by atoms with Gasteiger partial charge in [0.2, 0.25) is 5.43 Å². The number of rotatable bonds is 4. The third-order valence-corrected chi connectivity index (χ3v) is 4.65. The molecule has 0 radical (unpaired) electrons.